The Morgan fingerprint density at radius 1 is 0.328 bits per heavy atom. The third kappa shape index (κ3) is 6.31. The maximum absolute atomic E-state index is 4.76. The summed E-state index contributed by atoms with van der Waals surface area (Å²) >= 11 is 0. The molecule has 3 aromatic heterocycles. The highest BCUT2D eigenvalue weighted by Crippen LogP contribution is 2.50. The van der Waals surface area contributed by atoms with Gasteiger partial charge in [-0.2, -0.15) is 0 Å². The second-order valence-corrected chi connectivity index (χ2v) is 16.1. The largest absolute Gasteiger partial charge is 0.310 e. The van der Waals surface area contributed by atoms with Crippen molar-refractivity contribution in [3.63, 3.8) is 0 Å². The number of fused-ring (bicyclic) bond motifs is 5. The summed E-state index contributed by atoms with van der Waals surface area (Å²) in [6.45, 7) is 0. The van der Waals surface area contributed by atoms with Crippen molar-refractivity contribution in [3.8, 4) is 50.5 Å². The number of para-hydroxylation sites is 3. The minimum atomic E-state index is 0.940. The third-order valence-electron chi connectivity index (χ3n) is 12.5. The summed E-state index contributed by atoms with van der Waals surface area (Å²) in [5, 5.41) is 7.18. The number of anilines is 3. The van der Waals surface area contributed by atoms with Crippen LogP contribution in [0.5, 0.6) is 0 Å². The van der Waals surface area contributed by atoms with E-state index in [4.69, 9.17) is 9.97 Å². The van der Waals surface area contributed by atoms with Crippen LogP contribution < -0.4 is 4.90 Å². The lowest BCUT2D eigenvalue weighted by Crippen LogP contribution is -2.11. The molecule has 0 bridgehead atoms. The van der Waals surface area contributed by atoms with Crippen molar-refractivity contribution in [2.45, 2.75) is 0 Å². The molecule has 12 aromatic rings. The van der Waals surface area contributed by atoms with Crippen molar-refractivity contribution in [2.24, 2.45) is 0 Å². The molecule has 0 spiro atoms. The molecular weight excluding hydrogens is 777 g/mol. The predicted octanol–water partition coefficient (Wildman–Crippen LogP) is 16.0. The first-order chi connectivity index (χ1) is 31.8. The second-order valence-electron chi connectivity index (χ2n) is 16.1. The molecule has 3 heterocycles. The van der Waals surface area contributed by atoms with Gasteiger partial charge in [-0.3, -0.25) is 9.97 Å². The van der Waals surface area contributed by atoms with E-state index in [0.717, 1.165) is 67.2 Å². The average Bonchev–Trinajstić information content (AvgIpc) is 3.71. The van der Waals surface area contributed by atoms with Gasteiger partial charge in [0, 0.05) is 56.7 Å². The lowest BCUT2D eigenvalue weighted by Gasteiger charge is -2.29. The molecule has 4 nitrogen and oxygen atoms in total. The molecule has 9 aromatic carbocycles. The average molecular weight is 817 g/mol. The number of nitrogens with zero attached hydrogens (tertiary/aromatic N) is 4. The Balaban J connectivity index is 1.14. The van der Waals surface area contributed by atoms with Crippen LogP contribution in [0.15, 0.2) is 243 Å². The van der Waals surface area contributed by atoms with Gasteiger partial charge >= 0.3 is 0 Å². The zero-order valence-electron chi connectivity index (χ0n) is 34.9. The fraction of sp³-hybridized carbons (Fsp3) is 0. The molecule has 4 heteroatoms. The van der Waals surface area contributed by atoms with Crippen molar-refractivity contribution in [1.82, 2.24) is 14.5 Å². The zero-order chi connectivity index (χ0) is 42.4. The molecule has 64 heavy (non-hydrogen) atoms. The maximum atomic E-state index is 4.76. The summed E-state index contributed by atoms with van der Waals surface area (Å²) in [5.74, 6) is 0. The third-order valence-corrected chi connectivity index (χ3v) is 12.5. The molecule has 0 fully saturated rings. The zero-order valence-corrected chi connectivity index (χ0v) is 34.9. The smallest absolute Gasteiger partial charge is 0.0702 e. The first kappa shape index (κ1) is 37.2. The summed E-state index contributed by atoms with van der Waals surface area (Å²) in [4.78, 5) is 11.9. The molecule has 0 radical (unpaired) electrons. The molecular formula is C60H40N4. The van der Waals surface area contributed by atoms with Crippen LogP contribution in [-0.4, -0.2) is 14.5 Å². The van der Waals surface area contributed by atoms with Crippen LogP contribution in [0, 0.1) is 0 Å². The summed E-state index contributed by atoms with van der Waals surface area (Å²) in [6.07, 6.45) is 3.73. The highest BCUT2D eigenvalue weighted by molar-refractivity contribution is 6.25. The number of rotatable bonds is 8. The van der Waals surface area contributed by atoms with Crippen LogP contribution in [0.2, 0.25) is 0 Å². The SMILES string of the molecule is c1ccc(N(c2ccc(-n3c4ccccc4c4ccccc43)cc2)c2cccc3c(-c4cccc(-c5ccccn5)c4)c4ccccc4c(-c4cccc(-c5ccccn5)c4)c23)cc1. The van der Waals surface area contributed by atoms with Crippen LogP contribution in [0.3, 0.4) is 0 Å². The Morgan fingerprint density at radius 3 is 1.39 bits per heavy atom. The first-order valence-electron chi connectivity index (χ1n) is 21.7. The van der Waals surface area contributed by atoms with Gasteiger partial charge in [-0.05, 0) is 129 Å². The van der Waals surface area contributed by atoms with E-state index in [1.165, 1.54) is 43.7 Å². The Labute approximate surface area is 371 Å². The van der Waals surface area contributed by atoms with Gasteiger partial charge in [0.25, 0.3) is 0 Å². The summed E-state index contributed by atoms with van der Waals surface area (Å²) < 4.78 is 2.38. The standard InChI is InChI=1S/C60H40N4/c1-2-21-45(22-3-1)63(46-33-35-47(36-34-46)64-55-30-8-6-23-48(55)49-24-7-9-31-56(49)64)57-32-16-27-52-58(43-19-14-17-41(39-43)53-28-10-12-37-61-53)50-25-4-5-26-51(50)59(60(52)57)44-20-15-18-42(40-44)54-29-11-13-38-62-54/h1-40H. The van der Waals surface area contributed by atoms with E-state index in [1.807, 2.05) is 30.6 Å². The van der Waals surface area contributed by atoms with Crippen LogP contribution >= 0.6 is 0 Å². The van der Waals surface area contributed by atoms with Gasteiger partial charge in [-0.1, -0.05) is 140 Å². The van der Waals surface area contributed by atoms with Crippen LogP contribution in [0.25, 0.3) is 93.8 Å². The van der Waals surface area contributed by atoms with Crippen LogP contribution in [0.1, 0.15) is 0 Å². The maximum Gasteiger partial charge on any atom is 0.0702 e. The number of aromatic nitrogens is 3. The van der Waals surface area contributed by atoms with Crippen molar-refractivity contribution in [2.75, 3.05) is 4.90 Å². The Morgan fingerprint density at radius 2 is 0.797 bits per heavy atom. The highest BCUT2D eigenvalue weighted by Gasteiger charge is 2.24. The molecule has 300 valence electrons. The molecule has 12 rings (SSSR count). The van der Waals surface area contributed by atoms with Gasteiger partial charge in [0.1, 0.15) is 0 Å². The lowest BCUT2D eigenvalue weighted by molar-refractivity contribution is 1.17. The number of hydrogen-bond donors (Lipinski definition) is 0. The van der Waals surface area contributed by atoms with Gasteiger partial charge in [0.15, 0.2) is 0 Å². The fourth-order valence-corrected chi connectivity index (χ4v) is 9.70. The van der Waals surface area contributed by atoms with E-state index in [2.05, 4.69) is 222 Å². The molecule has 0 amide bonds. The summed E-state index contributed by atoms with van der Waals surface area (Å²) in [6, 6.07) is 82.8. The minimum Gasteiger partial charge on any atom is -0.310 e. The summed E-state index contributed by atoms with van der Waals surface area (Å²) in [7, 11) is 0. The highest BCUT2D eigenvalue weighted by atomic mass is 15.1. The normalized spacial score (nSPS) is 11.4. The van der Waals surface area contributed by atoms with Crippen LogP contribution in [0.4, 0.5) is 17.1 Å². The van der Waals surface area contributed by atoms with Crippen LogP contribution in [-0.2, 0) is 0 Å². The Hall–Kier alpha value is -8.60. The molecule has 0 unspecified atom stereocenters. The number of pyridine rings is 2. The van der Waals surface area contributed by atoms with Crippen molar-refractivity contribution in [1.29, 1.82) is 0 Å². The van der Waals surface area contributed by atoms with Gasteiger partial charge < -0.3 is 9.47 Å². The quantitative estimate of drug-likeness (QED) is 0.143. The minimum absolute atomic E-state index is 0.940. The Kier molecular flexibility index (Phi) is 9.12. The monoisotopic (exact) mass is 816 g/mol. The van der Waals surface area contributed by atoms with Gasteiger partial charge in [-0.25, -0.2) is 0 Å². The van der Waals surface area contributed by atoms with E-state index in [0.29, 0.717) is 0 Å². The second kappa shape index (κ2) is 15.7. The van der Waals surface area contributed by atoms with Gasteiger partial charge in [0.2, 0.25) is 0 Å². The van der Waals surface area contributed by atoms with E-state index < -0.39 is 0 Å². The lowest BCUT2D eigenvalue weighted by atomic mass is 9.84. The van der Waals surface area contributed by atoms with E-state index in [1.54, 1.807) is 0 Å². The molecule has 0 atom stereocenters. The first-order valence-corrected chi connectivity index (χ1v) is 21.7. The van der Waals surface area contributed by atoms with E-state index >= 15 is 0 Å². The van der Waals surface area contributed by atoms with Crippen molar-refractivity contribution >= 4 is 60.4 Å². The predicted molar refractivity (Wildman–Crippen MR) is 268 cm³/mol. The van der Waals surface area contributed by atoms with Gasteiger partial charge in [0.05, 0.1) is 28.1 Å². The van der Waals surface area contributed by atoms with E-state index in [9.17, 15) is 0 Å². The Bertz CT molecular complexity index is 3600. The molecule has 0 aliphatic heterocycles. The van der Waals surface area contributed by atoms with Crippen molar-refractivity contribution < 1.29 is 0 Å². The van der Waals surface area contributed by atoms with Gasteiger partial charge in [-0.15, -0.1) is 0 Å². The molecule has 0 saturated heterocycles. The fourth-order valence-electron chi connectivity index (χ4n) is 9.70. The number of benzene rings is 9. The summed E-state index contributed by atoms with van der Waals surface area (Å²) in [5.41, 5.74) is 15.4. The molecule has 0 aliphatic rings. The molecule has 0 N–H and O–H groups in total. The molecule has 0 aliphatic carbocycles. The van der Waals surface area contributed by atoms with Crippen molar-refractivity contribution in [3.05, 3.63) is 243 Å². The molecule has 0 saturated carbocycles. The number of hydrogen-bond acceptors (Lipinski definition) is 3. The topological polar surface area (TPSA) is 34.0 Å². The van der Waals surface area contributed by atoms with E-state index in [-0.39, 0.29) is 0 Å².